The lowest BCUT2D eigenvalue weighted by Crippen LogP contribution is -2.40. The van der Waals surface area contributed by atoms with Crippen molar-refractivity contribution in [2.75, 3.05) is 20.2 Å². The van der Waals surface area contributed by atoms with Gasteiger partial charge < -0.3 is 14.6 Å². The molecule has 2 rings (SSSR count). The molecule has 94 valence electrons. The predicted molar refractivity (Wildman–Crippen MR) is 65.6 cm³/mol. The van der Waals surface area contributed by atoms with Crippen LogP contribution in [0.4, 0.5) is 0 Å². The van der Waals surface area contributed by atoms with E-state index in [1.807, 2.05) is 0 Å². The van der Waals surface area contributed by atoms with Crippen molar-refractivity contribution in [3.63, 3.8) is 0 Å². The third-order valence-electron chi connectivity index (χ3n) is 3.10. The highest BCUT2D eigenvalue weighted by Gasteiger charge is 2.20. The van der Waals surface area contributed by atoms with E-state index >= 15 is 0 Å². The number of piperidine rings is 1. The predicted octanol–water partition coefficient (Wildman–Crippen LogP) is 1.29. The molecular weight excluding hydrogens is 242 g/mol. The van der Waals surface area contributed by atoms with E-state index in [-0.39, 0.29) is 16.5 Å². The number of H-pyrrole nitrogens is 1. The number of nitrogens with one attached hydrogen (secondary N) is 1. The summed E-state index contributed by atoms with van der Waals surface area (Å²) in [5, 5.41) is 0.0194. The zero-order chi connectivity index (χ0) is 12.3. The van der Waals surface area contributed by atoms with E-state index in [9.17, 15) is 4.79 Å². The van der Waals surface area contributed by atoms with Crippen LogP contribution in [0.5, 0.6) is 5.88 Å². The number of likely N-dealkylation sites (N-methyl/N-ethyl adjacent to an activating group) is 1. The van der Waals surface area contributed by atoms with Crippen molar-refractivity contribution in [2.24, 2.45) is 0 Å². The number of rotatable bonds is 3. The number of aromatic nitrogens is 2. The summed E-state index contributed by atoms with van der Waals surface area (Å²) in [6, 6.07) is 0.376. The van der Waals surface area contributed by atoms with Gasteiger partial charge in [0.05, 0.1) is 6.33 Å². The minimum atomic E-state index is -0.367. The lowest BCUT2D eigenvalue weighted by atomic mass is 10.0. The second-order valence-electron chi connectivity index (χ2n) is 4.29. The molecule has 1 N–H and O–H groups in total. The van der Waals surface area contributed by atoms with Crippen molar-refractivity contribution < 1.29 is 4.74 Å². The zero-order valence-electron chi connectivity index (χ0n) is 9.78. The first-order chi connectivity index (χ1) is 8.18. The Bertz CT molecular complexity index is 435. The van der Waals surface area contributed by atoms with E-state index in [2.05, 4.69) is 21.9 Å². The molecule has 1 aromatic heterocycles. The summed E-state index contributed by atoms with van der Waals surface area (Å²) < 4.78 is 5.52. The number of hydrogen-bond acceptors (Lipinski definition) is 4. The van der Waals surface area contributed by atoms with Crippen LogP contribution in [0.2, 0.25) is 5.02 Å². The van der Waals surface area contributed by atoms with Crippen molar-refractivity contribution in [3.05, 3.63) is 21.7 Å². The molecule has 1 atom stereocenters. The second-order valence-corrected chi connectivity index (χ2v) is 4.67. The van der Waals surface area contributed by atoms with Gasteiger partial charge in [0.2, 0.25) is 5.88 Å². The van der Waals surface area contributed by atoms with Crippen LogP contribution in [0.3, 0.4) is 0 Å². The molecule has 0 bridgehead atoms. The smallest absolute Gasteiger partial charge is 0.273 e. The van der Waals surface area contributed by atoms with Crippen LogP contribution >= 0.6 is 11.6 Å². The van der Waals surface area contributed by atoms with E-state index in [0.717, 1.165) is 13.0 Å². The Morgan fingerprint density at radius 1 is 1.65 bits per heavy atom. The van der Waals surface area contributed by atoms with Crippen LogP contribution in [-0.4, -0.2) is 41.1 Å². The van der Waals surface area contributed by atoms with Crippen molar-refractivity contribution in [1.29, 1.82) is 0 Å². The minimum absolute atomic E-state index is 0.0194. The first kappa shape index (κ1) is 12.4. The van der Waals surface area contributed by atoms with Gasteiger partial charge in [-0.2, -0.15) is 0 Å². The maximum absolute atomic E-state index is 11.2. The highest BCUT2D eigenvalue weighted by molar-refractivity contribution is 6.31. The molecule has 1 aliphatic heterocycles. The number of halogens is 1. The maximum atomic E-state index is 11.2. The fraction of sp³-hybridized carbons (Fsp3) is 0.636. The summed E-state index contributed by atoms with van der Waals surface area (Å²) in [6.45, 7) is 1.61. The van der Waals surface area contributed by atoms with Crippen molar-refractivity contribution in [1.82, 2.24) is 14.9 Å². The van der Waals surface area contributed by atoms with Crippen molar-refractivity contribution >= 4 is 11.6 Å². The van der Waals surface area contributed by atoms with Gasteiger partial charge in [0, 0.05) is 6.04 Å². The highest BCUT2D eigenvalue weighted by atomic mass is 35.5. The SMILES string of the molecule is CN1CCCCC1COc1nc[nH]c(=O)c1Cl. The highest BCUT2D eigenvalue weighted by Crippen LogP contribution is 2.19. The molecule has 1 unspecified atom stereocenters. The molecule has 6 heteroatoms. The molecule has 1 aliphatic rings. The van der Waals surface area contributed by atoms with Gasteiger partial charge in [0.1, 0.15) is 6.61 Å². The first-order valence-corrected chi connectivity index (χ1v) is 6.12. The summed E-state index contributed by atoms with van der Waals surface area (Å²) in [6.07, 6.45) is 4.86. The monoisotopic (exact) mass is 257 g/mol. The number of hydrogen-bond donors (Lipinski definition) is 1. The summed E-state index contributed by atoms with van der Waals surface area (Å²) in [7, 11) is 2.08. The molecule has 0 radical (unpaired) electrons. The summed E-state index contributed by atoms with van der Waals surface area (Å²) in [5.74, 6) is 0.217. The molecule has 0 spiro atoms. The first-order valence-electron chi connectivity index (χ1n) is 5.74. The third-order valence-corrected chi connectivity index (χ3v) is 3.43. The molecule has 1 saturated heterocycles. The Morgan fingerprint density at radius 2 is 2.47 bits per heavy atom. The third kappa shape index (κ3) is 2.98. The number of nitrogens with zero attached hydrogens (tertiary/aromatic N) is 2. The standard InChI is InChI=1S/C11H16ClN3O2/c1-15-5-3-2-4-8(15)6-17-11-9(12)10(16)13-7-14-11/h7-8H,2-6H2,1H3,(H,13,14,16). The van der Waals surface area contributed by atoms with Gasteiger partial charge in [0.15, 0.2) is 5.02 Å². The van der Waals surface area contributed by atoms with Gasteiger partial charge in [0.25, 0.3) is 5.56 Å². The molecule has 0 aliphatic carbocycles. The molecule has 17 heavy (non-hydrogen) atoms. The van der Waals surface area contributed by atoms with Crippen molar-refractivity contribution in [3.8, 4) is 5.88 Å². The number of ether oxygens (including phenoxy) is 1. The largest absolute Gasteiger partial charge is 0.475 e. The zero-order valence-corrected chi connectivity index (χ0v) is 10.5. The lowest BCUT2D eigenvalue weighted by Gasteiger charge is -2.31. The molecule has 1 fully saturated rings. The van der Waals surface area contributed by atoms with Gasteiger partial charge in [-0.1, -0.05) is 18.0 Å². The van der Waals surface area contributed by atoms with Gasteiger partial charge in [-0.05, 0) is 26.4 Å². The fourth-order valence-corrected chi connectivity index (χ4v) is 2.16. The van der Waals surface area contributed by atoms with Gasteiger partial charge >= 0.3 is 0 Å². The van der Waals surface area contributed by atoms with Crippen LogP contribution < -0.4 is 10.3 Å². The Kier molecular flexibility index (Phi) is 4.02. The Labute approximate surface area is 105 Å². The van der Waals surface area contributed by atoms with Gasteiger partial charge in [-0.3, -0.25) is 4.79 Å². The van der Waals surface area contributed by atoms with Crippen LogP contribution in [-0.2, 0) is 0 Å². The van der Waals surface area contributed by atoms with Gasteiger partial charge in [-0.15, -0.1) is 0 Å². The van der Waals surface area contributed by atoms with E-state index in [1.165, 1.54) is 19.2 Å². The van der Waals surface area contributed by atoms with E-state index < -0.39 is 0 Å². The summed E-state index contributed by atoms with van der Waals surface area (Å²) in [4.78, 5) is 19.8. The number of aromatic amines is 1. The number of likely N-dealkylation sites (tertiary alicyclic amines) is 1. The quantitative estimate of drug-likeness (QED) is 0.887. The lowest BCUT2D eigenvalue weighted by molar-refractivity contribution is 0.122. The fourth-order valence-electron chi connectivity index (χ4n) is 2.00. The second kappa shape index (κ2) is 5.51. The molecule has 2 heterocycles. The Hall–Kier alpha value is -1.07. The summed E-state index contributed by atoms with van der Waals surface area (Å²) >= 11 is 5.80. The van der Waals surface area contributed by atoms with E-state index in [1.54, 1.807) is 0 Å². The van der Waals surface area contributed by atoms with Crippen LogP contribution in [0.15, 0.2) is 11.1 Å². The molecule has 5 nitrogen and oxygen atoms in total. The van der Waals surface area contributed by atoms with Crippen molar-refractivity contribution in [2.45, 2.75) is 25.3 Å². The Morgan fingerprint density at radius 3 is 3.24 bits per heavy atom. The molecule has 0 aromatic carbocycles. The minimum Gasteiger partial charge on any atom is -0.475 e. The summed E-state index contributed by atoms with van der Waals surface area (Å²) in [5.41, 5.74) is -0.367. The molecule has 0 saturated carbocycles. The average molecular weight is 258 g/mol. The topological polar surface area (TPSA) is 58.2 Å². The average Bonchev–Trinajstić information content (AvgIpc) is 2.33. The van der Waals surface area contributed by atoms with E-state index in [4.69, 9.17) is 16.3 Å². The van der Waals surface area contributed by atoms with Crippen LogP contribution in [0.1, 0.15) is 19.3 Å². The molecule has 1 aromatic rings. The van der Waals surface area contributed by atoms with Gasteiger partial charge in [-0.25, -0.2) is 4.98 Å². The van der Waals surface area contributed by atoms with E-state index in [0.29, 0.717) is 12.6 Å². The van der Waals surface area contributed by atoms with Crippen LogP contribution in [0.25, 0.3) is 0 Å². The molecule has 0 amide bonds. The maximum Gasteiger partial charge on any atom is 0.273 e. The Balaban J connectivity index is 1.97. The van der Waals surface area contributed by atoms with Crippen LogP contribution in [0, 0.1) is 0 Å². The molecular formula is C11H16ClN3O2. The normalized spacial score (nSPS) is 21.4.